The Labute approximate surface area is 436 Å². The van der Waals surface area contributed by atoms with Gasteiger partial charge in [-0.05, 0) is 74.0 Å². The van der Waals surface area contributed by atoms with Crippen LogP contribution in [0.2, 0.25) is 0 Å². The second-order valence-corrected chi connectivity index (χ2v) is 21.1. The number of nitrogens with zero attached hydrogens (tertiary/aromatic N) is 3. The monoisotopic (exact) mass is 1160 g/mol. The molecule has 0 fully saturated rings. The summed E-state index contributed by atoms with van der Waals surface area (Å²) >= 11 is 31.9. The summed E-state index contributed by atoms with van der Waals surface area (Å²) in [4.78, 5) is 6.91. The van der Waals surface area contributed by atoms with Crippen LogP contribution in [0.3, 0.4) is 0 Å². The molecule has 0 aliphatic heterocycles. The van der Waals surface area contributed by atoms with Crippen molar-refractivity contribution in [3.05, 3.63) is 0 Å². The molecule has 0 spiro atoms. The molecule has 0 aliphatic rings. The number of thiocarbonyl (C=S) groups is 3. The van der Waals surface area contributed by atoms with Gasteiger partial charge in [-0.2, -0.15) is 0 Å². The van der Waals surface area contributed by atoms with Gasteiger partial charge in [-0.15, -0.1) is 0 Å². The van der Waals surface area contributed by atoms with Crippen LogP contribution in [0.4, 0.5) is 0 Å². The molecule has 0 aromatic rings. The van der Waals surface area contributed by atoms with Crippen molar-refractivity contribution in [2.75, 3.05) is 39.3 Å². The van der Waals surface area contributed by atoms with E-state index in [0.29, 0.717) is 13.0 Å². The van der Waals surface area contributed by atoms with Gasteiger partial charge >= 0.3 is 26.2 Å². The SMILES string of the molecule is CCCCC(CC)CN(CC(CC)CCCC)C(=S)[S-].CCCCC(CC)CN(CC(CC)CCCC)C(=S)[S-].CCCCC(CC)CN(CC(CC)CCCC)C(=S)[S-].[Bi+3]. The van der Waals surface area contributed by atoms with Crippen LogP contribution in [0.5, 0.6) is 0 Å². The second kappa shape index (κ2) is 49.1. The summed E-state index contributed by atoms with van der Waals surface area (Å²) in [5.41, 5.74) is 0. The van der Waals surface area contributed by atoms with E-state index in [0.717, 1.165) is 74.8 Å². The van der Waals surface area contributed by atoms with Crippen molar-refractivity contribution in [3.63, 3.8) is 0 Å². The van der Waals surface area contributed by atoms with Gasteiger partial charge in [0, 0.05) is 39.3 Å². The molecule has 362 valence electrons. The van der Waals surface area contributed by atoms with E-state index in [1.807, 2.05) is 0 Å². The van der Waals surface area contributed by atoms with Crippen LogP contribution in [0.1, 0.15) is 237 Å². The van der Waals surface area contributed by atoms with Crippen molar-refractivity contribution in [1.82, 2.24) is 14.7 Å². The Morgan fingerprint density at radius 3 is 0.525 bits per heavy atom. The Morgan fingerprint density at radius 1 is 0.311 bits per heavy atom. The van der Waals surface area contributed by atoms with Crippen molar-refractivity contribution >= 4 is 114 Å². The van der Waals surface area contributed by atoms with Gasteiger partial charge in [0.1, 0.15) is 0 Å². The van der Waals surface area contributed by atoms with Crippen molar-refractivity contribution < 1.29 is 0 Å². The van der Waals surface area contributed by atoms with Gasteiger partial charge in [0.2, 0.25) is 0 Å². The van der Waals surface area contributed by atoms with Crippen LogP contribution in [0, 0.1) is 35.5 Å². The van der Waals surface area contributed by atoms with Gasteiger partial charge in [-0.3, -0.25) is 0 Å². The smallest absolute Gasteiger partial charge is 0.411 e. The Hall–Kier alpha value is 1.21. The van der Waals surface area contributed by atoms with Crippen LogP contribution in [-0.2, 0) is 37.9 Å². The first-order valence-electron chi connectivity index (χ1n) is 25.6. The maximum absolute atomic E-state index is 5.32. The Morgan fingerprint density at radius 2 is 0.443 bits per heavy atom. The van der Waals surface area contributed by atoms with Crippen molar-refractivity contribution in [3.8, 4) is 0 Å². The number of unbranched alkanes of at least 4 members (excludes halogenated alkanes) is 6. The molecule has 0 aromatic carbocycles. The first-order chi connectivity index (χ1) is 28.7. The van der Waals surface area contributed by atoms with Crippen LogP contribution in [0.25, 0.3) is 0 Å². The largest absolute Gasteiger partial charge is 3.00 e. The molecule has 6 atom stereocenters. The number of hydrogen-bond acceptors (Lipinski definition) is 6. The Balaban J connectivity index is -0.000000396. The Kier molecular flexibility index (Phi) is 55.4. The van der Waals surface area contributed by atoms with Gasteiger partial charge in [-0.1, -0.05) is 212 Å². The molecule has 3 nitrogen and oxygen atoms in total. The predicted octanol–water partition coefficient (Wildman–Crippen LogP) is 16.3. The summed E-state index contributed by atoms with van der Waals surface area (Å²) in [6.45, 7) is 33.8. The minimum atomic E-state index is 0. The minimum Gasteiger partial charge on any atom is -0.411 e. The van der Waals surface area contributed by atoms with E-state index in [9.17, 15) is 0 Å². The van der Waals surface area contributed by atoms with Crippen molar-refractivity contribution in [2.45, 2.75) is 237 Å². The molecule has 6 unspecified atom stereocenters. The molecule has 0 aromatic heterocycles. The summed E-state index contributed by atoms with van der Waals surface area (Å²) in [5, 5.41) is 0. The van der Waals surface area contributed by atoms with E-state index in [-0.39, 0.29) is 26.2 Å². The van der Waals surface area contributed by atoms with E-state index in [4.69, 9.17) is 74.5 Å². The molecule has 0 N–H and O–H groups in total. The van der Waals surface area contributed by atoms with Crippen LogP contribution in [-0.4, -0.2) is 93.1 Å². The molecule has 0 bridgehead atoms. The maximum Gasteiger partial charge on any atom is 3.00 e. The molecule has 10 heteroatoms. The van der Waals surface area contributed by atoms with Crippen LogP contribution >= 0.6 is 36.7 Å². The molecule has 0 amide bonds. The van der Waals surface area contributed by atoms with Crippen molar-refractivity contribution in [2.24, 2.45) is 35.5 Å². The zero-order valence-electron chi connectivity index (χ0n) is 42.4. The maximum atomic E-state index is 5.32. The summed E-state index contributed by atoms with van der Waals surface area (Å²) in [6, 6.07) is 0. The third-order valence-corrected chi connectivity index (χ3v) is 14.5. The van der Waals surface area contributed by atoms with E-state index < -0.39 is 0 Å². The molecular weight excluding hydrogens is 1060 g/mol. The van der Waals surface area contributed by atoms with Crippen LogP contribution in [0.15, 0.2) is 0 Å². The molecular formula is C51H102BiN3S6. The quantitative estimate of drug-likeness (QED) is 0.0342. The van der Waals surface area contributed by atoms with Gasteiger partial charge < -0.3 is 89.2 Å². The normalized spacial score (nSPS) is 13.8. The summed E-state index contributed by atoms with van der Waals surface area (Å²) in [7, 11) is 0. The van der Waals surface area contributed by atoms with E-state index in [1.165, 1.54) is 154 Å². The fourth-order valence-corrected chi connectivity index (χ4v) is 8.94. The molecule has 2 radical (unpaired) electrons. The fourth-order valence-electron chi connectivity index (χ4n) is 8.04. The van der Waals surface area contributed by atoms with E-state index in [2.05, 4.69) is 97.8 Å². The average molecular weight is 1160 g/mol. The first-order valence-corrected chi connectivity index (χ1v) is 28.1. The van der Waals surface area contributed by atoms with Gasteiger partial charge in [-0.25, -0.2) is 0 Å². The summed E-state index contributed by atoms with van der Waals surface area (Å²) < 4.78 is 2.03. The third-order valence-electron chi connectivity index (χ3n) is 12.9. The van der Waals surface area contributed by atoms with Crippen LogP contribution < -0.4 is 0 Å². The average Bonchev–Trinajstić information content (AvgIpc) is 3.24. The standard InChI is InChI=1S/3C17H35NS2.Bi/c3*1-5-9-11-15(7-3)13-18(17(19)20)14-16(8-4)12-10-6-2;/h3*15-16H,5-14H2,1-4H3,(H,19,20);/q;;;+3/p-3. The zero-order chi connectivity index (χ0) is 46.1. The van der Waals surface area contributed by atoms with Crippen molar-refractivity contribution in [1.29, 1.82) is 0 Å². The molecule has 61 heavy (non-hydrogen) atoms. The summed E-state index contributed by atoms with van der Waals surface area (Å²) in [6.07, 6.45) is 30.9. The molecule has 0 heterocycles. The third kappa shape index (κ3) is 40.0. The van der Waals surface area contributed by atoms with E-state index in [1.54, 1.807) is 0 Å². The minimum absolute atomic E-state index is 0. The Bertz CT molecular complexity index is 802. The first kappa shape index (κ1) is 68.8. The van der Waals surface area contributed by atoms with Gasteiger partial charge in [0.15, 0.2) is 0 Å². The molecule has 0 aliphatic carbocycles. The second-order valence-electron chi connectivity index (χ2n) is 18.0. The zero-order valence-corrected chi connectivity index (χ0v) is 50.8. The molecule has 0 saturated heterocycles. The topological polar surface area (TPSA) is 9.72 Å². The van der Waals surface area contributed by atoms with Gasteiger partial charge in [0.25, 0.3) is 0 Å². The molecule has 0 saturated carbocycles. The summed E-state index contributed by atoms with van der Waals surface area (Å²) in [5.74, 6) is 4.50. The number of rotatable bonds is 36. The number of hydrogen-bond donors (Lipinski definition) is 0. The van der Waals surface area contributed by atoms with E-state index >= 15 is 0 Å². The molecule has 0 rings (SSSR count). The van der Waals surface area contributed by atoms with Gasteiger partial charge in [0.05, 0.1) is 0 Å². The fraction of sp³-hybridized carbons (Fsp3) is 0.941. The predicted molar refractivity (Wildman–Crippen MR) is 300 cm³/mol.